The fourth-order valence-corrected chi connectivity index (χ4v) is 15.2. The third-order valence-electron chi connectivity index (χ3n) is 21.4. The van der Waals surface area contributed by atoms with Gasteiger partial charge >= 0.3 is 7.12 Å². The van der Waals surface area contributed by atoms with Gasteiger partial charge in [0, 0.05) is 61.9 Å². The van der Waals surface area contributed by atoms with Crippen LogP contribution in [0.1, 0.15) is 105 Å². The number of hydrogen-bond acceptors (Lipinski definition) is 14. The highest BCUT2D eigenvalue weighted by atomic mass is 35.5. The summed E-state index contributed by atoms with van der Waals surface area (Å²) in [5, 5.41) is 43.7. The number of para-hydroxylation sites is 4. The molecule has 12 aromatic carbocycles. The van der Waals surface area contributed by atoms with Crippen molar-refractivity contribution < 1.29 is 29.1 Å². The number of furan rings is 2. The monoisotopic (exact) mass is 1570 g/mol. The predicted molar refractivity (Wildman–Crippen MR) is 485 cm³/mol. The molecule has 0 saturated heterocycles. The second-order valence-corrected chi connectivity index (χ2v) is 34.3. The third-order valence-corrected chi connectivity index (χ3v) is 21.6. The molecule has 584 valence electrons. The molecular weight excluding hydrogens is 1480 g/mol. The van der Waals surface area contributed by atoms with Crippen LogP contribution < -0.4 is 15.3 Å². The SMILES string of the molecule is CC(C)(C)c1cc(-c2cc(-c3nc(-c4ccccc4O)nc4c3oc3ccccc34)cc(N(c3ccccn3)c3cccc4ccccc34)c2)cc(C(C)(C)C)c1.CC(C)(C)c1cc(-c2cc(-c3nc(Cl)nc4c3oc3ccccc34)cc(N(c3ccccn3)c3cccc4ccccc34)c2)cc(C(C)(C)C)c1.OB(O)c1ccccc1O. The summed E-state index contributed by atoms with van der Waals surface area (Å²) < 4.78 is 13.1. The van der Waals surface area contributed by atoms with E-state index in [9.17, 15) is 5.11 Å². The minimum Gasteiger partial charge on any atom is -0.508 e. The van der Waals surface area contributed by atoms with E-state index in [0.717, 1.165) is 106 Å². The molecule has 0 saturated carbocycles. The number of halogens is 1. The predicted octanol–water partition coefficient (Wildman–Crippen LogP) is 25.7. The molecule has 0 unspecified atom stereocenters. The number of hydrogen-bond donors (Lipinski definition) is 4. The lowest BCUT2D eigenvalue weighted by Gasteiger charge is -2.28. The number of anilines is 6. The van der Waals surface area contributed by atoms with Crippen molar-refractivity contribution >= 4 is 124 Å². The van der Waals surface area contributed by atoms with Crippen LogP contribution in [0.3, 0.4) is 0 Å². The fraction of sp³-hybridized carbons (Fsp3) is 0.157. The molecule has 18 rings (SSSR count). The van der Waals surface area contributed by atoms with Crippen molar-refractivity contribution in [3.63, 3.8) is 0 Å². The molecule has 0 atom stereocenters. The summed E-state index contributed by atoms with van der Waals surface area (Å²) in [6.07, 6.45) is 3.67. The Kier molecular flexibility index (Phi) is 21.1. The number of aromatic hydroxyl groups is 2. The van der Waals surface area contributed by atoms with E-state index in [2.05, 4.69) is 256 Å². The lowest BCUT2D eigenvalue weighted by molar-refractivity contribution is 0.419. The first-order valence-corrected chi connectivity index (χ1v) is 39.9. The van der Waals surface area contributed by atoms with Crippen molar-refractivity contribution in [1.82, 2.24) is 29.9 Å². The summed E-state index contributed by atoms with van der Waals surface area (Å²) in [7, 11) is -1.60. The van der Waals surface area contributed by atoms with Crippen molar-refractivity contribution in [2.45, 2.75) is 105 Å². The Morgan fingerprint density at radius 3 is 1.14 bits per heavy atom. The summed E-state index contributed by atoms with van der Waals surface area (Å²) in [6.45, 7) is 27.2. The minimum atomic E-state index is -1.60. The zero-order chi connectivity index (χ0) is 82.5. The maximum Gasteiger partial charge on any atom is 0.492 e. The van der Waals surface area contributed by atoms with Gasteiger partial charge in [-0.2, -0.15) is 0 Å². The van der Waals surface area contributed by atoms with Gasteiger partial charge in [0.2, 0.25) is 5.28 Å². The summed E-state index contributed by atoms with van der Waals surface area (Å²) in [4.78, 5) is 34.0. The average molecular weight is 1570 g/mol. The second-order valence-electron chi connectivity index (χ2n) is 33.9. The number of nitrogens with zero attached hydrogens (tertiary/aromatic N) is 8. The van der Waals surface area contributed by atoms with Crippen LogP contribution in [0.25, 0.3) is 122 Å². The highest BCUT2D eigenvalue weighted by Gasteiger charge is 2.29. The van der Waals surface area contributed by atoms with E-state index in [4.69, 9.17) is 60.5 Å². The Labute approximate surface area is 692 Å². The van der Waals surface area contributed by atoms with Crippen molar-refractivity contribution in [2.75, 3.05) is 9.80 Å². The molecule has 0 bridgehead atoms. The molecule has 16 heteroatoms. The molecule has 0 aliphatic heterocycles. The molecule has 0 amide bonds. The van der Waals surface area contributed by atoms with Crippen LogP contribution in [-0.2, 0) is 21.7 Å². The first kappa shape index (κ1) is 78.6. The molecule has 0 aliphatic rings. The van der Waals surface area contributed by atoms with E-state index in [1.54, 1.807) is 24.3 Å². The van der Waals surface area contributed by atoms with Crippen molar-refractivity contribution in [2.24, 2.45) is 0 Å². The van der Waals surface area contributed by atoms with Gasteiger partial charge in [-0.1, -0.05) is 259 Å². The molecule has 0 spiro atoms. The smallest absolute Gasteiger partial charge is 0.492 e. The molecule has 118 heavy (non-hydrogen) atoms. The number of rotatable bonds is 12. The van der Waals surface area contributed by atoms with Gasteiger partial charge in [-0.3, -0.25) is 9.80 Å². The van der Waals surface area contributed by atoms with Gasteiger partial charge < -0.3 is 29.1 Å². The van der Waals surface area contributed by atoms with E-state index in [1.807, 2.05) is 109 Å². The Hall–Kier alpha value is -13.3. The summed E-state index contributed by atoms with van der Waals surface area (Å²) in [5.41, 5.74) is 20.5. The topological polar surface area (TPSA) is 191 Å². The van der Waals surface area contributed by atoms with E-state index in [1.165, 1.54) is 34.4 Å². The largest absolute Gasteiger partial charge is 0.508 e. The van der Waals surface area contributed by atoms with Gasteiger partial charge in [-0.15, -0.1) is 0 Å². The first-order valence-electron chi connectivity index (χ1n) is 39.6. The summed E-state index contributed by atoms with van der Waals surface area (Å²) in [5.74, 6) is 2.00. The number of phenols is 2. The highest BCUT2D eigenvalue weighted by Crippen LogP contribution is 2.48. The molecule has 0 aliphatic carbocycles. The lowest BCUT2D eigenvalue weighted by atomic mass is 9.78. The zero-order valence-electron chi connectivity index (χ0n) is 68.0. The van der Waals surface area contributed by atoms with Crippen LogP contribution in [0.5, 0.6) is 11.5 Å². The van der Waals surface area contributed by atoms with Crippen LogP contribution in [0.4, 0.5) is 34.4 Å². The van der Waals surface area contributed by atoms with Gasteiger partial charge in [0.1, 0.15) is 56.7 Å². The van der Waals surface area contributed by atoms with E-state index < -0.39 is 7.12 Å². The maximum atomic E-state index is 11.1. The molecule has 4 N–H and O–H groups in total. The first-order chi connectivity index (χ1) is 56.6. The number of benzene rings is 12. The fourth-order valence-electron chi connectivity index (χ4n) is 15.0. The van der Waals surface area contributed by atoms with Crippen molar-refractivity contribution in [3.8, 4) is 67.7 Å². The van der Waals surface area contributed by atoms with Gasteiger partial charge in [-0.25, -0.2) is 29.9 Å². The van der Waals surface area contributed by atoms with E-state index >= 15 is 0 Å². The second kappa shape index (κ2) is 31.7. The molecule has 14 nitrogen and oxygen atoms in total. The molecule has 6 aromatic heterocycles. The van der Waals surface area contributed by atoms with E-state index in [0.29, 0.717) is 50.6 Å². The van der Waals surface area contributed by atoms with Gasteiger partial charge in [0.05, 0.1) is 16.9 Å². The maximum absolute atomic E-state index is 11.1. The Morgan fingerprint density at radius 1 is 0.339 bits per heavy atom. The molecule has 18 aromatic rings. The quantitative estimate of drug-likeness (QED) is 0.0667. The summed E-state index contributed by atoms with van der Waals surface area (Å²) >= 11 is 6.70. The number of fused-ring (bicyclic) bond motifs is 8. The van der Waals surface area contributed by atoms with Crippen LogP contribution in [0, 0.1) is 0 Å². The minimum absolute atomic E-state index is 0.0555. The van der Waals surface area contributed by atoms with Crippen molar-refractivity contribution in [1.29, 1.82) is 0 Å². The zero-order valence-corrected chi connectivity index (χ0v) is 68.8. The number of aromatic nitrogens is 6. The van der Waals surface area contributed by atoms with Gasteiger partial charge in [0.15, 0.2) is 17.0 Å². The van der Waals surface area contributed by atoms with Gasteiger partial charge in [-0.05, 0) is 204 Å². The molecule has 0 radical (unpaired) electrons. The lowest BCUT2D eigenvalue weighted by Crippen LogP contribution is -2.29. The Morgan fingerprint density at radius 2 is 0.712 bits per heavy atom. The average Bonchev–Trinajstić information content (AvgIpc) is 1.10. The van der Waals surface area contributed by atoms with Gasteiger partial charge in [0.25, 0.3) is 0 Å². The normalized spacial score (nSPS) is 11.9. The van der Waals surface area contributed by atoms with Crippen LogP contribution >= 0.6 is 11.6 Å². The molecule has 6 heterocycles. The van der Waals surface area contributed by atoms with Crippen LogP contribution in [0.15, 0.2) is 312 Å². The highest BCUT2D eigenvalue weighted by molar-refractivity contribution is 6.59. The third kappa shape index (κ3) is 16.1. The molecular formula is C102H90BClN8O6. The number of pyridine rings is 2. The van der Waals surface area contributed by atoms with Crippen LogP contribution in [-0.4, -0.2) is 57.3 Å². The standard InChI is InChI=1S/C51H44N4O2.C45H39ClN4O.C6H7BO3/c1-50(2,3)36-27-34(28-37(31-36)51(4,5)6)33-26-35(30-38(29-33)55(45-24-13-14-25-52-45)42-21-15-17-32-16-7-8-18-39(32)42)46-48-47(41-20-10-12-23-44(41)57-48)54-49(53-46)40-19-9-11-22-43(40)56;1-44(2,3)32-23-30(24-33(27-32)45(4,5)6)29-22-31(40-42-41(49-43(46)48-40)36-17-9-10-19-38(36)51-42)26-34(25-29)50(39-20-11-12-21-47-39)37-18-13-15-28-14-7-8-16-35(28)37;8-6-4-2-1-3-5(6)7(9)10/h7-31,56H,1-6H3;7-27H,1-6H3;1-4,8-10H. The number of phenolic OH excluding ortho intramolecular Hbond substituents is 2. The Balaban J connectivity index is 0.000000158. The van der Waals surface area contributed by atoms with E-state index in [-0.39, 0.29) is 43.9 Å². The van der Waals surface area contributed by atoms with Crippen molar-refractivity contribution in [3.05, 3.63) is 331 Å². The molecule has 0 fully saturated rings. The Bertz CT molecular complexity index is 6730. The summed E-state index contributed by atoms with van der Waals surface area (Å²) in [6, 6.07) is 98.1. The van der Waals surface area contributed by atoms with Crippen LogP contribution in [0.2, 0.25) is 5.28 Å².